The third kappa shape index (κ3) is 6.59. The molecule has 5 aliphatic heterocycles. The number of ether oxygens (including phenoxy) is 1. The molecule has 8 rings (SSSR count). The van der Waals surface area contributed by atoms with Gasteiger partial charge in [0, 0.05) is 82.8 Å². The SMILES string of the molecule is COCC1C(=O)NCCCNc2ncc(cn2)-c2ccnc(c2)Nc2cccc(c2)CN2CCN1CC2. The summed E-state index contributed by atoms with van der Waals surface area (Å²) in [6, 6.07) is 12.1. The summed E-state index contributed by atoms with van der Waals surface area (Å²) in [6.45, 7) is 5.92. The molecule has 0 aliphatic carbocycles. The van der Waals surface area contributed by atoms with Gasteiger partial charge in [0.05, 0.1) is 6.61 Å². The van der Waals surface area contributed by atoms with Crippen molar-refractivity contribution in [3.63, 3.8) is 0 Å². The van der Waals surface area contributed by atoms with Crippen LogP contribution in [0.15, 0.2) is 55.0 Å². The number of hydrogen-bond donors (Lipinski definition) is 3. The molecule has 0 radical (unpaired) electrons. The van der Waals surface area contributed by atoms with E-state index in [-0.39, 0.29) is 11.9 Å². The van der Waals surface area contributed by atoms with Gasteiger partial charge in [-0.15, -0.1) is 0 Å². The second-order valence-electron chi connectivity index (χ2n) is 9.41. The Hall–Kier alpha value is -3.60. The lowest BCUT2D eigenvalue weighted by Gasteiger charge is -2.38. The zero-order valence-electron chi connectivity index (χ0n) is 21.2. The summed E-state index contributed by atoms with van der Waals surface area (Å²) in [7, 11) is 1.65. The Morgan fingerprint density at radius 1 is 0.973 bits per heavy atom. The fourth-order valence-electron chi connectivity index (χ4n) is 4.76. The van der Waals surface area contributed by atoms with E-state index in [1.54, 1.807) is 25.7 Å². The number of pyridine rings is 1. The number of benzene rings is 1. The highest BCUT2D eigenvalue weighted by Crippen LogP contribution is 2.23. The average Bonchev–Trinajstić information content (AvgIpc) is 2.92. The van der Waals surface area contributed by atoms with Crippen LogP contribution in [0.3, 0.4) is 0 Å². The summed E-state index contributed by atoms with van der Waals surface area (Å²) in [5.41, 5.74) is 4.13. The maximum Gasteiger partial charge on any atom is 0.239 e. The van der Waals surface area contributed by atoms with Gasteiger partial charge in [-0.2, -0.15) is 0 Å². The molecular weight excluding hydrogens is 468 g/mol. The van der Waals surface area contributed by atoms with Crippen LogP contribution >= 0.6 is 0 Å². The van der Waals surface area contributed by atoms with Crippen molar-refractivity contribution in [1.29, 1.82) is 0 Å². The largest absolute Gasteiger partial charge is 0.383 e. The molecule has 0 spiro atoms. The molecule has 37 heavy (non-hydrogen) atoms. The van der Waals surface area contributed by atoms with Crippen molar-refractivity contribution in [1.82, 2.24) is 30.1 Å². The Balaban J connectivity index is 1.36. The van der Waals surface area contributed by atoms with Gasteiger partial charge in [0.15, 0.2) is 0 Å². The molecule has 8 bridgehead atoms. The van der Waals surface area contributed by atoms with Crippen LogP contribution < -0.4 is 16.0 Å². The molecule has 1 unspecified atom stereocenters. The maximum atomic E-state index is 13.0. The molecule has 5 aliphatic rings. The quantitative estimate of drug-likeness (QED) is 0.487. The second kappa shape index (κ2) is 12.1. The number of rotatable bonds is 2. The third-order valence-electron chi connectivity index (χ3n) is 6.76. The maximum absolute atomic E-state index is 13.0. The molecule has 10 heteroatoms. The first-order valence-corrected chi connectivity index (χ1v) is 12.8. The number of methoxy groups -OCH3 is 1. The van der Waals surface area contributed by atoms with Gasteiger partial charge in [-0.25, -0.2) is 15.0 Å². The Morgan fingerprint density at radius 2 is 1.78 bits per heavy atom. The molecule has 10 nitrogen and oxygen atoms in total. The molecular formula is C27H34N8O2. The van der Waals surface area contributed by atoms with E-state index < -0.39 is 0 Å². The number of piperazine rings is 1. The van der Waals surface area contributed by atoms with Gasteiger partial charge in [0.2, 0.25) is 11.9 Å². The van der Waals surface area contributed by atoms with E-state index in [1.165, 1.54) is 5.56 Å². The number of nitrogens with zero attached hydrogens (tertiary/aromatic N) is 5. The Bertz CT molecular complexity index is 1180. The van der Waals surface area contributed by atoms with Crippen molar-refractivity contribution in [2.45, 2.75) is 19.0 Å². The van der Waals surface area contributed by atoms with E-state index in [4.69, 9.17) is 4.74 Å². The molecule has 1 amide bonds. The molecule has 1 fully saturated rings. The lowest BCUT2D eigenvalue weighted by molar-refractivity contribution is -0.129. The standard InChI is InChI=1S/C27H34N8O2/c1-37-19-24-26(36)29-7-3-8-30-27-31-16-22(17-32-27)21-6-9-28-25(15-21)33-23-5-2-4-20(14-23)18-34-10-12-35(24)13-11-34/h2,4-6,9,14-17,24H,3,7-8,10-13,18-19H2,1H3,(H,28,33)(H,29,36)(H,30,31,32). The summed E-state index contributed by atoms with van der Waals surface area (Å²) >= 11 is 0. The number of carbonyl (C=O) groups is 1. The minimum Gasteiger partial charge on any atom is -0.383 e. The van der Waals surface area contributed by atoms with E-state index in [1.807, 2.05) is 12.1 Å². The predicted octanol–water partition coefficient (Wildman–Crippen LogP) is 2.35. The van der Waals surface area contributed by atoms with Gasteiger partial charge in [0.25, 0.3) is 0 Å². The van der Waals surface area contributed by atoms with Gasteiger partial charge in [0.1, 0.15) is 11.9 Å². The molecule has 0 saturated carbocycles. The minimum atomic E-state index is -0.285. The molecule has 3 aromatic rings. The first kappa shape index (κ1) is 25.1. The number of amides is 1. The molecule has 3 N–H and O–H groups in total. The Kier molecular flexibility index (Phi) is 8.19. The first-order chi connectivity index (χ1) is 18.2. The van der Waals surface area contributed by atoms with Crippen molar-refractivity contribution in [3.8, 4) is 11.1 Å². The molecule has 2 aromatic heterocycles. The van der Waals surface area contributed by atoms with Crippen molar-refractivity contribution >= 4 is 23.4 Å². The Labute approximate surface area is 217 Å². The minimum absolute atomic E-state index is 0.0171. The van der Waals surface area contributed by atoms with E-state index >= 15 is 0 Å². The van der Waals surface area contributed by atoms with Crippen molar-refractivity contribution in [2.75, 3.05) is 63.6 Å². The highest BCUT2D eigenvalue weighted by atomic mass is 16.5. The third-order valence-corrected chi connectivity index (χ3v) is 6.76. The van der Waals surface area contributed by atoms with E-state index in [0.29, 0.717) is 25.6 Å². The highest BCUT2D eigenvalue weighted by Gasteiger charge is 2.29. The average molecular weight is 503 g/mol. The summed E-state index contributed by atoms with van der Waals surface area (Å²) in [6.07, 6.45) is 6.17. The number of nitrogens with one attached hydrogen (secondary N) is 3. The molecule has 1 atom stereocenters. The van der Waals surface area contributed by atoms with Crippen LogP contribution in [0.1, 0.15) is 12.0 Å². The summed E-state index contributed by atoms with van der Waals surface area (Å²) in [5.74, 6) is 1.35. The topological polar surface area (TPSA) is 108 Å². The van der Waals surface area contributed by atoms with Gasteiger partial charge in [-0.1, -0.05) is 12.1 Å². The highest BCUT2D eigenvalue weighted by molar-refractivity contribution is 5.82. The number of hydrogen-bond acceptors (Lipinski definition) is 9. The monoisotopic (exact) mass is 502 g/mol. The van der Waals surface area contributed by atoms with Crippen LogP contribution in [0.25, 0.3) is 11.1 Å². The molecule has 1 aromatic carbocycles. The fraction of sp³-hybridized carbons (Fsp3) is 0.407. The second-order valence-corrected chi connectivity index (χ2v) is 9.41. The lowest BCUT2D eigenvalue weighted by atomic mass is 10.1. The zero-order valence-corrected chi connectivity index (χ0v) is 21.2. The van der Waals surface area contributed by atoms with Gasteiger partial charge in [-0.05, 0) is 41.8 Å². The van der Waals surface area contributed by atoms with Crippen molar-refractivity contribution in [2.24, 2.45) is 0 Å². The fourth-order valence-corrected chi connectivity index (χ4v) is 4.76. The Morgan fingerprint density at radius 3 is 2.59 bits per heavy atom. The van der Waals surface area contributed by atoms with Crippen molar-refractivity contribution in [3.05, 3.63) is 60.6 Å². The van der Waals surface area contributed by atoms with E-state index in [2.05, 4.69) is 65.0 Å². The number of aromatic nitrogens is 3. The number of anilines is 3. The van der Waals surface area contributed by atoms with Crippen LogP contribution in [0.4, 0.5) is 17.5 Å². The normalized spacial score (nSPS) is 22.5. The summed E-state index contributed by atoms with van der Waals surface area (Å²) in [5, 5.41) is 9.74. The molecule has 1 saturated heterocycles. The van der Waals surface area contributed by atoms with Gasteiger partial charge >= 0.3 is 0 Å². The lowest BCUT2D eigenvalue weighted by Crippen LogP contribution is -2.56. The summed E-state index contributed by atoms with van der Waals surface area (Å²) < 4.78 is 5.40. The van der Waals surface area contributed by atoms with E-state index in [9.17, 15) is 4.79 Å². The molecule has 7 heterocycles. The van der Waals surface area contributed by atoms with Gasteiger partial charge in [-0.3, -0.25) is 14.6 Å². The van der Waals surface area contributed by atoms with Crippen molar-refractivity contribution < 1.29 is 9.53 Å². The van der Waals surface area contributed by atoms with Crippen LogP contribution in [-0.4, -0.2) is 89.7 Å². The first-order valence-electron chi connectivity index (χ1n) is 12.8. The van der Waals surface area contributed by atoms with Crippen LogP contribution in [-0.2, 0) is 16.1 Å². The zero-order chi connectivity index (χ0) is 25.5. The van der Waals surface area contributed by atoms with Crippen LogP contribution in [0.5, 0.6) is 0 Å². The summed E-state index contributed by atoms with van der Waals surface area (Å²) in [4.78, 5) is 31.0. The van der Waals surface area contributed by atoms with E-state index in [0.717, 1.165) is 61.8 Å². The van der Waals surface area contributed by atoms with Crippen LogP contribution in [0.2, 0.25) is 0 Å². The van der Waals surface area contributed by atoms with Gasteiger partial charge < -0.3 is 20.7 Å². The predicted molar refractivity (Wildman–Crippen MR) is 144 cm³/mol. The number of carbonyl (C=O) groups excluding carboxylic acids is 1. The molecule has 194 valence electrons. The smallest absolute Gasteiger partial charge is 0.239 e. The van der Waals surface area contributed by atoms with Crippen LogP contribution in [0, 0.1) is 0 Å².